The molecule has 6 heteroatoms. The molecule has 0 aliphatic heterocycles. The summed E-state index contributed by atoms with van der Waals surface area (Å²) in [5, 5.41) is 9.26. The van der Waals surface area contributed by atoms with Gasteiger partial charge in [0, 0.05) is 0 Å². The number of hydrogen-bond donors (Lipinski definition) is 2. The van der Waals surface area contributed by atoms with Crippen LogP contribution in [0.15, 0.2) is 6.20 Å². The lowest BCUT2D eigenvalue weighted by molar-refractivity contribution is 0.0991. The van der Waals surface area contributed by atoms with Gasteiger partial charge in [0.2, 0.25) is 11.8 Å². The van der Waals surface area contributed by atoms with Crippen molar-refractivity contribution in [3.63, 3.8) is 0 Å². The lowest BCUT2D eigenvalue weighted by atomic mass is 10.4. The van der Waals surface area contributed by atoms with E-state index < -0.39 is 11.8 Å². The van der Waals surface area contributed by atoms with E-state index in [1.165, 1.54) is 6.20 Å². The normalized spacial score (nSPS) is 9.93. The largest absolute Gasteiger partial charge is 0.492 e. The second kappa shape index (κ2) is 5.14. The third-order valence-corrected chi connectivity index (χ3v) is 1.71. The van der Waals surface area contributed by atoms with Gasteiger partial charge in [-0.1, -0.05) is 13.3 Å². The Morgan fingerprint density at radius 2 is 2.40 bits per heavy atom. The summed E-state index contributed by atoms with van der Waals surface area (Å²) in [6.07, 6.45) is 3.15. The van der Waals surface area contributed by atoms with E-state index in [-0.39, 0.29) is 11.6 Å². The van der Waals surface area contributed by atoms with Crippen LogP contribution >= 0.6 is 0 Å². The molecule has 82 valence electrons. The highest BCUT2D eigenvalue weighted by atomic mass is 16.5. The highest BCUT2D eigenvalue weighted by molar-refractivity contribution is 5.92. The van der Waals surface area contributed by atoms with Crippen LogP contribution in [-0.4, -0.2) is 27.6 Å². The SMILES string of the molecule is CCCCOc1cnc(C(N)=O)c(O)n1. The number of aromatic hydroxyl groups is 1. The fourth-order valence-electron chi connectivity index (χ4n) is 0.928. The van der Waals surface area contributed by atoms with E-state index in [0.29, 0.717) is 6.61 Å². The Morgan fingerprint density at radius 3 is 2.93 bits per heavy atom. The van der Waals surface area contributed by atoms with Crippen molar-refractivity contribution >= 4 is 5.91 Å². The zero-order chi connectivity index (χ0) is 11.3. The Hall–Kier alpha value is -1.85. The minimum absolute atomic E-state index is 0.186. The average Bonchev–Trinajstić information content (AvgIpc) is 2.17. The van der Waals surface area contributed by atoms with Gasteiger partial charge in [-0.05, 0) is 6.42 Å². The molecule has 6 nitrogen and oxygen atoms in total. The van der Waals surface area contributed by atoms with Crippen LogP contribution < -0.4 is 10.5 Å². The van der Waals surface area contributed by atoms with E-state index in [0.717, 1.165) is 12.8 Å². The fourth-order valence-corrected chi connectivity index (χ4v) is 0.928. The van der Waals surface area contributed by atoms with E-state index in [1.807, 2.05) is 6.92 Å². The first-order valence-electron chi connectivity index (χ1n) is 4.63. The Balaban J connectivity index is 2.69. The standard InChI is InChI=1S/C9H13N3O3/c1-2-3-4-15-6-5-11-7(8(10)13)9(14)12-6/h5H,2-4H2,1H3,(H2,10,13)(H,12,14). The molecule has 1 heterocycles. The minimum Gasteiger partial charge on any atom is -0.492 e. The number of nitrogens with zero attached hydrogens (tertiary/aromatic N) is 2. The van der Waals surface area contributed by atoms with Crippen LogP contribution in [0.3, 0.4) is 0 Å². The van der Waals surface area contributed by atoms with Crippen molar-refractivity contribution in [2.24, 2.45) is 5.73 Å². The molecule has 0 saturated heterocycles. The minimum atomic E-state index is -0.819. The van der Waals surface area contributed by atoms with Crippen LogP contribution in [0.4, 0.5) is 0 Å². The van der Waals surface area contributed by atoms with Crippen molar-refractivity contribution in [3.8, 4) is 11.8 Å². The molecule has 1 amide bonds. The van der Waals surface area contributed by atoms with Gasteiger partial charge in [0.1, 0.15) is 0 Å². The predicted molar refractivity (Wildman–Crippen MR) is 52.6 cm³/mol. The van der Waals surface area contributed by atoms with Gasteiger partial charge in [-0.3, -0.25) is 4.79 Å². The molecule has 0 bridgehead atoms. The summed E-state index contributed by atoms with van der Waals surface area (Å²) in [7, 11) is 0. The summed E-state index contributed by atoms with van der Waals surface area (Å²) in [6.45, 7) is 2.53. The number of unbranched alkanes of at least 4 members (excludes halogenated alkanes) is 1. The van der Waals surface area contributed by atoms with Gasteiger partial charge >= 0.3 is 0 Å². The zero-order valence-electron chi connectivity index (χ0n) is 8.43. The van der Waals surface area contributed by atoms with E-state index in [1.54, 1.807) is 0 Å². The lowest BCUT2D eigenvalue weighted by Crippen LogP contribution is -2.14. The number of ether oxygens (including phenoxy) is 1. The van der Waals surface area contributed by atoms with Crippen LogP contribution in [0.1, 0.15) is 30.3 Å². The summed E-state index contributed by atoms with van der Waals surface area (Å²) in [5.41, 5.74) is 4.69. The molecule has 0 unspecified atom stereocenters. The maximum Gasteiger partial charge on any atom is 0.272 e. The van der Waals surface area contributed by atoms with Crippen molar-refractivity contribution in [2.75, 3.05) is 6.61 Å². The summed E-state index contributed by atoms with van der Waals surface area (Å²) in [6, 6.07) is 0. The summed E-state index contributed by atoms with van der Waals surface area (Å²) in [5.74, 6) is -1.14. The monoisotopic (exact) mass is 211 g/mol. The van der Waals surface area contributed by atoms with Gasteiger partial charge in [0.05, 0.1) is 12.8 Å². The first kappa shape index (κ1) is 11.2. The fraction of sp³-hybridized carbons (Fsp3) is 0.444. The number of carbonyl (C=O) groups excluding carboxylic acids is 1. The second-order valence-corrected chi connectivity index (χ2v) is 2.95. The smallest absolute Gasteiger partial charge is 0.272 e. The zero-order valence-corrected chi connectivity index (χ0v) is 8.43. The molecule has 0 aliphatic rings. The van der Waals surface area contributed by atoms with E-state index >= 15 is 0 Å². The van der Waals surface area contributed by atoms with Crippen LogP contribution in [0.2, 0.25) is 0 Å². The molecular formula is C9H13N3O3. The third kappa shape index (κ3) is 3.08. The Kier molecular flexibility index (Phi) is 3.84. The molecule has 0 radical (unpaired) electrons. The first-order chi connectivity index (χ1) is 7.15. The molecule has 15 heavy (non-hydrogen) atoms. The number of aromatic nitrogens is 2. The average molecular weight is 211 g/mol. The van der Waals surface area contributed by atoms with Crippen LogP contribution in [0.5, 0.6) is 11.8 Å². The van der Waals surface area contributed by atoms with Gasteiger partial charge in [0.25, 0.3) is 5.91 Å². The van der Waals surface area contributed by atoms with Crippen LogP contribution in [0.25, 0.3) is 0 Å². The van der Waals surface area contributed by atoms with E-state index in [4.69, 9.17) is 10.5 Å². The van der Waals surface area contributed by atoms with Gasteiger partial charge < -0.3 is 15.6 Å². The second-order valence-electron chi connectivity index (χ2n) is 2.95. The van der Waals surface area contributed by atoms with Gasteiger partial charge in [-0.15, -0.1) is 0 Å². The molecule has 1 aromatic heterocycles. The molecule has 0 aliphatic carbocycles. The van der Waals surface area contributed by atoms with Crippen molar-refractivity contribution in [3.05, 3.63) is 11.9 Å². The lowest BCUT2D eigenvalue weighted by Gasteiger charge is -2.04. The molecule has 0 atom stereocenters. The highest BCUT2D eigenvalue weighted by Crippen LogP contribution is 2.15. The maximum atomic E-state index is 10.7. The molecule has 0 spiro atoms. The van der Waals surface area contributed by atoms with Crippen molar-refractivity contribution in [1.29, 1.82) is 0 Å². The number of hydrogen-bond acceptors (Lipinski definition) is 5. The van der Waals surface area contributed by atoms with Crippen molar-refractivity contribution < 1.29 is 14.6 Å². The third-order valence-electron chi connectivity index (χ3n) is 1.71. The number of rotatable bonds is 5. The quantitative estimate of drug-likeness (QED) is 0.689. The summed E-state index contributed by atoms with van der Waals surface area (Å²) in [4.78, 5) is 18.0. The summed E-state index contributed by atoms with van der Waals surface area (Å²) >= 11 is 0. The molecule has 3 N–H and O–H groups in total. The Labute approximate surface area is 87.1 Å². The number of primary amides is 1. The summed E-state index contributed by atoms with van der Waals surface area (Å²) < 4.78 is 5.18. The Bertz CT molecular complexity index is 354. The molecule has 1 aromatic rings. The van der Waals surface area contributed by atoms with E-state index in [2.05, 4.69) is 9.97 Å². The van der Waals surface area contributed by atoms with Crippen LogP contribution in [-0.2, 0) is 0 Å². The van der Waals surface area contributed by atoms with Crippen LogP contribution in [0, 0.1) is 0 Å². The number of nitrogens with two attached hydrogens (primary N) is 1. The molecule has 0 fully saturated rings. The van der Waals surface area contributed by atoms with Gasteiger partial charge in [-0.25, -0.2) is 4.98 Å². The van der Waals surface area contributed by atoms with Gasteiger partial charge in [-0.2, -0.15) is 4.98 Å². The molecule has 1 rings (SSSR count). The van der Waals surface area contributed by atoms with Gasteiger partial charge in [0.15, 0.2) is 5.69 Å². The topological polar surface area (TPSA) is 98.3 Å². The number of amides is 1. The highest BCUT2D eigenvalue weighted by Gasteiger charge is 2.11. The maximum absolute atomic E-state index is 10.7. The molecular weight excluding hydrogens is 198 g/mol. The Morgan fingerprint density at radius 1 is 1.67 bits per heavy atom. The number of carbonyl (C=O) groups is 1. The van der Waals surface area contributed by atoms with E-state index in [9.17, 15) is 9.90 Å². The van der Waals surface area contributed by atoms with Crippen molar-refractivity contribution in [1.82, 2.24) is 9.97 Å². The molecule has 0 aromatic carbocycles. The molecule has 0 saturated carbocycles. The predicted octanol–water partition coefficient (Wildman–Crippen LogP) is 0.460. The first-order valence-corrected chi connectivity index (χ1v) is 4.63. The van der Waals surface area contributed by atoms with Crippen molar-refractivity contribution in [2.45, 2.75) is 19.8 Å².